The monoisotopic (exact) mass is 719 g/mol. The number of para-hydroxylation sites is 2. The van der Waals surface area contributed by atoms with Crippen LogP contribution >= 0.6 is 11.3 Å². The number of hydrogen-bond donors (Lipinski definition) is 0. The molecule has 0 atom stereocenters. The van der Waals surface area contributed by atoms with Gasteiger partial charge in [0, 0.05) is 47.9 Å². The number of benzene rings is 9. The molecule has 0 radical (unpaired) electrons. The highest BCUT2D eigenvalue weighted by atomic mass is 32.1. The van der Waals surface area contributed by atoms with Crippen molar-refractivity contribution < 1.29 is 4.42 Å². The molecule has 2 heterocycles. The Morgan fingerprint density at radius 1 is 0.364 bits per heavy atom. The minimum Gasteiger partial charge on any atom is -0.456 e. The van der Waals surface area contributed by atoms with Crippen LogP contribution in [0.2, 0.25) is 0 Å². The predicted octanol–water partition coefficient (Wildman–Crippen LogP) is 15.6. The van der Waals surface area contributed by atoms with E-state index in [9.17, 15) is 0 Å². The Hall–Kier alpha value is -6.94. The maximum absolute atomic E-state index is 6.33. The van der Waals surface area contributed by atoms with E-state index in [0.717, 1.165) is 50.1 Å². The van der Waals surface area contributed by atoms with Gasteiger partial charge in [-0.05, 0) is 93.2 Å². The summed E-state index contributed by atoms with van der Waals surface area (Å²) in [6, 6.07) is 72.3. The van der Waals surface area contributed by atoms with Crippen molar-refractivity contribution in [2.24, 2.45) is 0 Å². The lowest BCUT2D eigenvalue weighted by atomic mass is 9.95. The Labute approximate surface area is 322 Å². The summed E-state index contributed by atoms with van der Waals surface area (Å²) < 4.78 is 8.95. The first-order valence-electron chi connectivity index (χ1n) is 18.7. The first-order chi connectivity index (χ1) is 27.3. The molecule has 0 unspecified atom stereocenters. The van der Waals surface area contributed by atoms with Gasteiger partial charge in [-0.25, -0.2) is 0 Å². The van der Waals surface area contributed by atoms with E-state index in [2.05, 4.69) is 193 Å². The van der Waals surface area contributed by atoms with Crippen molar-refractivity contribution in [1.82, 2.24) is 0 Å². The lowest BCUT2D eigenvalue weighted by Gasteiger charge is -2.29. The van der Waals surface area contributed by atoms with Crippen LogP contribution in [0.15, 0.2) is 205 Å². The number of rotatable bonds is 6. The molecule has 258 valence electrons. The number of anilines is 3. The molecular weight excluding hydrogens is 687 g/mol. The largest absolute Gasteiger partial charge is 0.456 e. The average Bonchev–Trinajstić information content (AvgIpc) is 3.82. The van der Waals surface area contributed by atoms with Crippen molar-refractivity contribution >= 4 is 81.3 Å². The molecule has 0 bridgehead atoms. The topological polar surface area (TPSA) is 16.4 Å². The maximum atomic E-state index is 6.33. The zero-order valence-electron chi connectivity index (χ0n) is 29.8. The standard InChI is InChI=1S/C52H33NOS/c1-2-19-40-34(13-1)14-11-24-42(40)43-20-3-6-26-48(43)53(38-17-9-15-35(31-38)36-29-30-45-44-21-4-7-27-49(44)54-50(45)33-36)39-18-10-16-37(32-39)41-23-12-25-47-46-22-5-8-28-51(46)55-52(41)47/h1-33H. The van der Waals surface area contributed by atoms with Gasteiger partial charge in [-0.15, -0.1) is 11.3 Å². The third-order valence-electron chi connectivity index (χ3n) is 10.9. The van der Waals surface area contributed by atoms with Gasteiger partial charge >= 0.3 is 0 Å². The number of nitrogens with zero attached hydrogens (tertiary/aromatic N) is 1. The molecule has 0 saturated carbocycles. The summed E-state index contributed by atoms with van der Waals surface area (Å²) in [5.41, 5.74) is 12.1. The Balaban J connectivity index is 1.11. The normalized spacial score (nSPS) is 11.6. The van der Waals surface area contributed by atoms with Gasteiger partial charge in [-0.3, -0.25) is 0 Å². The molecule has 11 aromatic rings. The second-order valence-corrected chi connectivity index (χ2v) is 15.1. The van der Waals surface area contributed by atoms with E-state index in [0.29, 0.717) is 0 Å². The van der Waals surface area contributed by atoms with Gasteiger partial charge in [0.1, 0.15) is 11.2 Å². The minimum absolute atomic E-state index is 0.894. The number of furan rings is 1. The van der Waals surface area contributed by atoms with Gasteiger partial charge in [-0.1, -0.05) is 146 Å². The van der Waals surface area contributed by atoms with Crippen LogP contribution in [-0.2, 0) is 0 Å². The molecule has 0 fully saturated rings. The van der Waals surface area contributed by atoms with Crippen molar-refractivity contribution in [3.63, 3.8) is 0 Å². The lowest BCUT2D eigenvalue weighted by Crippen LogP contribution is -2.11. The van der Waals surface area contributed by atoms with Crippen LogP contribution in [0.3, 0.4) is 0 Å². The molecule has 2 nitrogen and oxygen atoms in total. The lowest BCUT2D eigenvalue weighted by molar-refractivity contribution is 0.669. The third-order valence-corrected chi connectivity index (χ3v) is 12.1. The van der Waals surface area contributed by atoms with Crippen LogP contribution in [-0.4, -0.2) is 0 Å². The Bertz CT molecular complexity index is 3240. The first-order valence-corrected chi connectivity index (χ1v) is 19.5. The molecule has 55 heavy (non-hydrogen) atoms. The summed E-state index contributed by atoms with van der Waals surface area (Å²) in [6.45, 7) is 0. The van der Waals surface area contributed by atoms with Crippen molar-refractivity contribution in [2.45, 2.75) is 0 Å². The summed E-state index contributed by atoms with van der Waals surface area (Å²) in [4.78, 5) is 2.43. The summed E-state index contributed by atoms with van der Waals surface area (Å²) in [7, 11) is 0. The molecule has 0 amide bonds. The van der Waals surface area contributed by atoms with E-state index >= 15 is 0 Å². The molecule has 0 spiro atoms. The van der Waals surface area contributed by atoms with Crippen LogP contribution < -0.4 is 4.90 Å². The van der Waals surface area contributed by atoms with E-state index < -0.39 is 0 Å². The SMILES string of the molecule is c1cc(-c2ccc3c(c2)oc2ccccc23)cc(N(c2cccc(-c3cccc4c3sc3ccccc34)c2)c2ccccc2-c2cccc3ccccc23)c1. The van der Waals surface area contributed by atoms with Crippen molar-refractivity contribution in [2.75, 3.05) is 4.90 Å². The Morgan fingerprint density at radius 3 is 1.87 bits per heavy atom. The third kappa shape index (κ3) is 5.32. The second kappa shape index (κ2) is 12.9. The fourth-order valence-corrected chi connectivity index (χ4v) is 9.54. The number of fused-ring (bicyclic) bond motifs is 7. The second-order valence-electron chi connectivity index (χ2n) is 14.1. The van der Waals surface area contributed by atoms with E-state index in [1.165, 1.54) is 53.2 Å². The first kappa shape index (κ1) is 31.6. The molecule has 11 rings (SSSR count). The highest BCUT2D eigenvalue weighted by Gasteiger charge is 2.20. The number of hydrogen-bond acceptors (Lipinski definition) is 3. The highest BCUT2D eigenvalue weighted by Crippen LogP contribution is 2.46. The molecule has 0 aliphatic rings. The van der Waals surface area contributed by atoms with Gasteiger partial charge in [0.15, 0.2) is 0 Å². The predicted molar refractivity (Wildman–Crippen MR) is 235 cm³/mol. The van der Waals surface area contributed by atoms with Crippen molar-refractivity contribution in [3.8, 4) is 33.4 Å². The fourth-order valence-electron chi connectivity index (χ4n) is 8.30. The Morgan fingerprint density at radius 2 is 0.964 bits per heavy atom. The van der Waals surface area contributed by atoms with Crippen LogP contribution in [0.4, 0.5) is 17.1 Å². The van der Waals surface area contributed by atoms with E-state index in [1.807, 2.05) is 23.5 Å². The van der Waals surface area contributed by atoms with E-state index in [4.69, 9.17) is 4.42 Å². The summed E-state index contributed by atoms with van der Waals surface area (Å²) >= 11 is 1.87. The molecule has 3 heteroatoms. The summed E-state index contributed by atoms with van der Waals surface area (Å²) in [5, 5.41) is 7.34. The van der Waals surface area contributed by atoms with Gasteiger partial charge in [-0.2, -0.15) is 0 Å². The van der Waals surface area contributed by atoms with Gasteiger partial charge in [0.2, 0.25) is 0 Å². The smallest absolute Gasteiger partial charge is 0.136 e. The molecule has 0 saturated heterocycles. The van der Waals surface area contributed by atoms with E-state index in [1.54, 1.807) is 0 Å². The van der Waals surface area contributed by atoms with Crippen LogP contribution in [0.1, 0.15) is 0 Å². The summed E-state index contributed by atoms with van der Waals surface area (Å²) in [5.74, 6) is 0. The zero-order valence-corrected chi connectivity index (χ0v) is 30.6. The van der Waals surface area contributed by atoms with Gasteiger partial charge in [0.05, 0.1) is 5.69 Å². The van der Waals surface area contributed by atoms with Gasteiger partial charge < -0.3 is 9.32 Å². The molecule has 2 aromatic heterocycles. The van der Waals surface area contributed by atoms with E-state index in [-0.39, 0.29) is 0 Å². The van der Waals surface area contributed by atoms with Crippen LogP contribution in [0.25, 0.3) is 86.3 Å². The molecular formula is C52H33NOS. The van der Waals surface area contributed by atoms with Gasteiger partial charge in [0.25, 0.3) is 0 Å². The zero-order chi connectivity index (χ0) is 36.3. The Kier molecular flexibility index (Phi) is 7.39. The number of thiophene rings is 1. The van der Waals surface area contributed by atoms with Crippen LogP contribution in [0.5, 0.6) is 0 Å². The molecule has 0 aliphatic carbocycles. The molecule has 9 aromatic carbocycles. The van der Waals surface area contributed by atoms with Crippen molar-refractivity contribution in [1.29, 1.82) is 0 Å². The molecule has 0 aliphatic heterocycles. The molecule has 0 N–H and O–H groups in total. The average molecular weight is 720 g/mol. The van der Waals surface area contributed by atoms with Crippen molar-refractivity contribution in [3.05, 3.63) is 200 Å². The quantitative estimate of drug-likeness (QED) is 0.170. The van der Waals surface area contributed by atoms with Crippen LogP contribution in [0, 0.1) is 0 Å². The minimum atomic E-state index is 0.894. The highest BCUT2D eigenvalue weighted by molar-refractivity contribution is 7.26. The summed E-state index contributed by atoms with van der Waals surface area (Å²) in [6.07, 6.45) is 0. The maximum Gasteiger partial charge on any atom is 0.136 e. The fraction of sp³-hybridized carbons (Fsp3) is 0.